The Kier molecular flexibility index (Phi) is 6.67. The van der Waals surface area contributed by atoms with Crippen molar-refractivity contribution in [2.45, 2.75) is 58.8 Å². The lowest BCUT2D eigenvalue weighted by molar-refractivity contribution is -0.114. The summed E-state index contributed by atoms with van der Waals surface area (Å²) in [7, 11) is 0. The first-order valence-electron chi connectivity index (χ1n) is 11.1. The molecule has 2 N–H and O–H groups in total. The van der Waals surface area contributed by atoms with Gasteiger partial charge in [-0.2, -0.15) is 5.10 Å². The fourth-order valence-electron chi connectivity index (χ4n) is 4.51. The minimum Gasteiger partial charge on any atom is -0.376 e. The smallest absolute Gasteiger partial charge is 0.251 e. The third-order valence-electron chi connectivity index (χ3n) is 5.94. The van der Waals surface area contributed by atoms with Gasteiger partial charge in [-0.1, -0.05) is 6.07 Å². The third kappa shape index (κ3) is 5.14. The molecule has 0 aliphatic carbocycles. The monoisotopic (exact) mass is 425 g/mol. The van der Waals surface area contributed by atoms with Crippen molar-refractivity contribution in [2.24, 2.45) is 0 Å². The largest absolute Gasteiger partial charge is 0.376 e. The predicted molar refractivity (Wildman–Crippen MR) is 118 cm³/mol. The number of aromatic nitrogens is 2. The van der Waals surface area contributed by atoms with E-state index in [4.69, 9.17) is 9.84 Å². The van der Waals surface area contributed by atoms with E-state index >= 15 is 0 Å². The molecule has 0 bridgehead atoms. The molecule has 4 rings (SSSR count). The number of aryl methyl sites for hydroxylation is 1. The molecule has 2 aliphatic rings. The van der Waals surface area contributed by atoms with Crippen molar-refractivity contribution in [1.29, 1.82) is 0 Å². The predicted octanol–water partition coefficient (Wildman–Crippen LogP) is 2.33. The van der Waals surface area contributed by atoms with E-state index in [1.807, 2.05) is 0 Å². The zero-order chi connectivity index (χ0) is 21.8. The van der Waals surface area contributed by atoms with Gasteiger partial charge in [0.15, 0.2) is 0 Å². The van der Waals surface area contributed by atoms with Gasteiger partial charge in [0, 0.05) is 61.5 Å². The van der Waals surface area contributed by atoms with Crippen LogP contribution < -0.4 is 10.6 Å². The number of carbonyl (C=O) groups is 2. The first-order valence-corrected chi connectivity index (χ1v) is 11.1. The lowest BCUT2D eigenvalue weighted by Crippen LogP contribution is -2.47. The van der Waals surface area contributed by atoms with E-state index in [1.54, 1.807) is 24.3 Å². The van der Waals surface area contributed by atoms with Crippen molar-refractivity contribution in [1.82, 2.24) is 20.0 Å². The summed E-state index contributed by atoms with van der Waals surface area (Å²) in [6.07, 6.45) is 2.91. The molecular weight excluding hydrogens is 394 g/mol. The molecule has 1 aromatic carbocycles. The lowest BCUT2D eigenvalue weighted by Gasteiger charge is -2.33. The molecule has 8 nitrogen and oxygen atoms in total. The molecule has 0 radical (unpaired) electrons. The normalized spacial score (nSPS) is 19.0. The van der Waals surface area contributed by atoms with Crippen molar-refractivity contribution in [3.8, 4) is 0 Å². The fourth-order valence-corrected chi connectivity index (χ4v) is 4.51. The highest BCUT2D eigenvalue weighted by Crippen LogP contribution is 2.23. The second kappa shape index (κ2) is 9.62. The van der Waals surface area contributed by atoms with E-state index in [9.17, 15) is 9.59 Å². The summed E-state index contributed by atoms with van der Waals surface area (Å²) in [6, 6.07) is 7.13. The lowest BCUT2D eigenvalue weighted by atomic mass is 10.0. The van der Waals surface area contributed by atoms with Gasteiger partial charge in [-0.25, -0.2) is 0 Å². The van der Waals surface area contributed by atoms with E-state index in [2.05, 4.69) is 27.1 Å². The van der Waals surface area contributed by atoms with Crippen LogP contribution in [-0.2, 0) is 35.6 Å². The summed E-state index contributed by atoms with van der Waals surface area (Å²) in [5.41, 5.74) is 4.84. The van der Waals surface area contributed by atoms with Gasteiger partial charge in [-0.3, -0.25) is 19.2 Å². The van der Waals surface area contributed by atoms with Crippen LogP contribution in [0.5, 0.6) is 0 Å². The van der Waals surface area contributed by atoms with Crippen LogP contribution in [0.3, 0.4) is 0 Å². The Labute approximate surface area is 182 Å². The molecule has 31 heavy (non-hydrogen) atoms. The molecule has 1 saturated heterocycles. The van der Waals surface area contributed by atoms with E-state index in [0.717, 1.165) is 57.7 Å². The molecular formula is C23H31N5O3. The van der Waals surface area contributed by atoms with Crippen molar-refractivity contribution in [2.75, 3.05) is 25.0 Å². The number of carbonyl (C=O) groups excluding carboxylic acids is 2. The molecule has 166 valence electrons. The minimum atomic E-state index is -0.154. The second-order valence-electron chi connectivity index (χ2n) is 8.30. The Bertz CT molecular complexity index is 955. The Morgan fingerprint density at radius 1 is 1.32 bits per heavy atom. The van der Waals surface area contributed by atoms with Gasteiger partial charge >= 0.3 is 0 Å². The van der Waals surface area contributed by atoms with Gasteiger partial charge in [-0.05, 0) is 44.5 Å². The summed E-state index contributed by atoms with van der Waals surface area (Å²) in [5, 5.41) is 10.7. The fraction of sp³-hybridized carbons (Fsp3) is 0.522. The maximum Gasteiger partial charge on any atom is 0.251 e. The molecule has 8 heteroatoms. The maximum atomic E-state index is 12.8. The topological polar surface area (TPSA) is 88.5 Å². The zero-order valence-electron chi connectivity index (χ0n) is 18.3. The highest BCUT2D eigenvalue weighted by molar-refractivity contribution is 5.96. The Hall–Kier alpha value is -2.71. The van der Waals surface area contributed by atoms with E-state index in [0.29, 0.717) is 17.9 Å². The summed E-state index contributed by atoms with van der Waals surface area (Å²) >= 11 is 0. The van der Waals surface area contributed by atoms with E-state index < -0.39 is 0 Å². The number of nitrogens with zero attached hydrogens (tertiary/aromatic N) is 3. The van der Waals surface area contributed by atoms with Gasteiger partial charge in [0.25, 0.3) is 5.91 Å². The van der Waals surface area contributed by atoms with Crippen LogP contribution in [0.25, 0.3) is 0 Å². The molecule has 1 fully saturated rings. The molecule has 3 heterocycles. The number of fused-ring (bicyclic) bond motifs is 1. The van der Waals surface area contributed by atoms with E-state index in [1.165, 1.54) is 18.2 Å². The summed E-state index contributed by atoms with van der Waals surface area (Å²) < 4.78 is 7.79. The van der Waals surface area contributed by atoms with Gasteiger partial charge in [0.1, 0.15) is 0 Å². The molecule has 1 aromatic heterocycles. The molecule has 0 spiro atoms. The van der Waals surface area contributed by atoms with Crippen LogP contribution in [0.2, 0.25) is 0 Å². The maximum absolute atomic E-state index is 12.8. The van der Waals surface area contributed by atoms with Crippen LogP contribution in [0.1, 0.15) is 54.0 Å². The van der Waals surface area contributed by atoms with Crippen LogP contribution in [0.4, 0.5) is 5.69 Å². The summed E-state index contributed by atoms with van der Waals surface area (Å²) in [6.45, 7) is 8.44. The summed E-state index contributed by atoms with van der Waals surface area (Å²) in [5.74, 6) is -0.265. The number of anilines is 1. The highest BCUT2D eigenvalue weighted by Gasteiger charge is 2.26. The average molecular weight is 426 g/mol. The molecule has 2 amide bonds. The third-order valence-corrected chi connectivity index (χ3v) is 5.94. The number of likely N-dealkylation sites (tertiary alicyclic amines) is 1. The first-order chi connectivity index (χ1) is 15.0. The van der Waals surface area contributed by atoms with Crippen molar-refractivity contribution >= 4 is 17.5 Å². The van der Waals surface area contributed by atoms with E-state index in [-0.39, 0.29) is 17.9 Å². The number of hydrogen-bond donors (Lipinski definition) is 2. The molecule has 1 unspecified atom stereocenters. The number of benzene rings is 1. The molecule has 2 aromatic rings. The quantitative estimate of drug-likeness (QED) is 0.742. The number of hydrogen-bond acceptors (Lipinski definition) is 5. The van der Waals surface area contributed by atoms with Crippen LogP contribution in [-0.4, -0.2) is 52.2 Å². The number of amides is 2. The number of piperidine rings is 1. The molecule has 1 atom stereocenters. The summed E-state index contributed by atoms with van der Waals surface area (Å²) in [4.78, 5) is 26.4. The SMILES string of the molecule is CCn1nc(CN2CCCC(NC(=O)c3cccc(NC(C)=O)c3)C2)c2c1CCOC2. The van der Waals surface area contributed by atoms with Gasteiger partial charge in [0.2, 0.25) is 5.91 Å². The zero-order valence-corrected chi connectivity index (χ0v) is 18.3. The van der Waals surface area contributed by atoms with Crippen molar-refractivity contribution < 1.29 is 14.3 Å². The Morgan fingerprint density at radius 3 is 3.00 bits per heavy atom. The van der Waals surface area contributed by atoms with Gasteiger partial charge < -0.3 is 15.4 Å². The number of rotatable bonds is 6. The first kappa shape index (κ1) is 21.5. The van der Waals surface area contributed by atoms with Crippen LogP contribution >= 0.6 is 0 Å². The number of ether oxygens (including phenoxy) is 1. The average Bonchev–Trinajstić information content (AvgIpc) is 3.11. The minimum absolute atomic E-state index is 0.0889. The Balaban J connectivity index is 1.39. The molecule has 2 aliphatic heterocycles. The second-order valence-corrected chi connectivity index (χ2v) is 8.30. The van der Waals surface area contributed by atoms with Crippen molar-refractivity contribution in [3.05, 3.63) is 46.8 Å². The highest BCUT2D eigenvalue weighted by atomic mass is 16.5. The van der Waals surface area contributed by atoms with Crippen LogP contribution in [0.15, 0.2) is 24.3 Å². The standard InChI is InChI=1S/C23H31N5O3/c1-3-28-22-9-11-31-15-20(22)21(26-28)14-27-10-5-8-19(13-27)25-23(30)17-6-4-7-18(12-17)24-16(2)29/h4,6-7,12,19H,3,5,8-11,13-15H2,1-2H3,(H,24,29)(H,25,30). The Morgan fingerprint density at radius 2 is 2.19 bits per heavy atom. The van der Waals surface area contributed by atoms with Crippen molar-refractivity contribution in [3.63, 3.8) is 0 Å². The van der Waals surface area contributed by atoms with Gasteiger partial charge in [-0.15, -0.1) is 0 Å². The molecule has 0 saturated carbocycles. The van der Waals surface area contributed by atoms with Crippen LogP contribution in [0, 0.1) is 0 Å². The number of nitrogens with one attached hydrogen (secondary N) is 2. The van der Waals surface area contributed by atoms with Gasteiger partial charge in [0.05, 0.1) is 18.9 Å².